The maximum absolute atomic E-state index is 12.3. The van der Waals surface area contributed by atoms with E-state index < -0.39 is 0 Å². The minimum atomic E-state index is -0.0214. The summed E-state index contributed by atoms with van der Waals surface area (Å²) < 4.78 is 10.6. The lowest BCUT2D eigenvalue weighted by Crippen LogP contribution is -2.49. The average molecular weight is 342 g/mol. The van der Waals surface area contributed by atoms with Crippen molar-refractivity contribution in [3.63, 3.8) is 0 Å². The molecule has 7 heteroatoms. The summed E-state index contributed by atoms with van der Waals surface area (Å²) >= 11 is 0. The zero-order valence-corrected chi connectivity index (χ0v) is 14.1. The molecule has 0 spiro atoms. The number of fused-ring (bicyclic) bond motifs is 1. The van der Waals surface area contributed by atoms with Crippen LogP contribution >= 0.6 is 12.4 Å². The molecule has 2 atom stereocenters. The van der Waals surface area contributed by atoms with Crippen molar-refractivity contribution in [2.75, 3.05) is 31.7 Å². The molecule has 1 saturated heterocycles. The maximum Gasteiger partial charge on any atom is 0.238 e. The number of rotatable bonds is 4. The summed E-state index contributed by atoms with van der Waals surface area (Å²) in [6, 6.07) is 5.72. The summed E-state index contributed by atoms with van der Waals surface area (Å²) in [6.45, 7) is 4.38. The second-order valence-electron chi connectivity index (χ2n) is 6.11. The first-order valence-electron chi connectivity index (χ1n) is 7.79. The zero-order chi connectivity index (χ0) is 15.5. The van der Waals surface area contributed by atoms with Crippen molar-refractivity contribution < 1.29 is 14.3 Å². The molecule has 0 saturated carbocycles. The van der Waals surface area contributed by atoms with Crippen molar-refractivity contribution in [3.05, 3.63) is 18.2 Å². The molecule has 1 amide bonds. The van der Waals surface area contributed by atoms with Crippen LogP contribution in [0.2, 0.25) is 0 Å². The Morgan fingerprint density at radius 2 is 2.17 bits per heavy atom. The molecule has 0 bridgehead atoms. The SMILES string of the molecule is CC1CCN(CC(=O)Nc2ccc3c(c2)OCO3)C(CN)C1.Cl. The van der Waals surface area contributed by atoms with E-state index in [1.54, 1.807) is 6.07 Å². The molecular weight excluding hydrogens is 318 g/mol. The number of nitrogens with two attached hydrogens (primary N) is 1. The fraction of sp³-hybridized carbons (Fsp3) is 0.562. The van der Waals surface area contributed by atoms with E-state index >= 15 is 0 Å². The molecule has 6 nitrogen and oxygen atoms in total. The Hall–Kier alpha value is -1.50. The number of carbonyl (C=O) groups is 1. The summed E-state index contributed by atoms with van der Waals surface area (Å²) in [4.78, 5) is 14.4. The van der Waals surface area contributed by atoms with Gasteiger partial charge in [0.15, 0.2) is 11.5 Å². The first-order chi connectivity index (χ1) is 10.7. The van der Waals surface area contributed by atoms with Gasteiger partial charge in [-0.1, -0.05) is 6.92 Å². The number of carbonyl (C=O) groups excluding carboxylic acids is 1. The van der Waals surface area contributed by atoms with Crippen LogP contribution in [0.15, 0.2) is 18.2 Å². The van der Waals surface area contributed by atoms with Crippen molar-refractivity contribution >= 4 is 24.0 Å². The van der Waals surface area contributed by atoms with Crippen LogP contribution in [0.1, 0.15) is 19.8 Å². The van der Waals surface area contributed by atoms with E-state index in [9.17, 15) is 4.79 Å². The molecule has 2 aliphatic heterocycles. The van der Waals surface area contributed by atoms with Gasteiger partial charge in [0, 0.05) is 24.3 Å². The number of ether oxygens (including phenoxy) is 2. The standard InChI is InChI=1S/C16H23N3O3.ClH/c1-11-4-5-19(13(6-11)8-17)9-16(20)18-12-2-3-14-15(7-12)22-10-21-14;/h2-3,7,11,13H,4-6,8-10,17H2,1H3,(H,18,20);1H. The molecule has 0 radical (unpaired) electrons. The smallest absolute Gasteiger partial charge is 0.238 e. The fourth-order valence-corrected chi connectivity index (χ4v) is 3.11. The topological polar surface area (TPSA) is 76.8 Å². The van der Waals surface area contributed by atoms with Crippen molar-refractivity contribution in [1.29, 1.82) is 0 Å². The highest BCUT2D eigenvalue weighted by atomic mass is 35.5. The van der Waals surface area contributed by atoms with Gasteiger partial charge in [0.05, 0.1) is 6.54 Å². The van der Waals surface area contributed by atoms with Crippen LogP contribution in [-0.4, -0.2) is 43.3 Å². The highest BCUT2D eigenvalue weighted by Crippen LogP contribution is 2.34. The van der Waals surface area contributed by atoms with Gasteiger partial charge >= 0.3 is 0 Å². The van der Waals surface area contributed by atoms with E-state index in [-0.39, 0.29) is 25.1 Å². The van der Waals surface area contributed by atoms with Crippen LogP contribution in [0.5, 0.6) is 11.5 Å². The monoisotopic (exact) mass is 341 g/mol. The van der Waals surface area contributed by atoms with Gasteiger partial charge in [-0.05, 0) is 37.4 Å². The highest BCUT2D eigenvalue weighted by molar-refractivity contribution is 5.92. The van der Waals surface area contributed by atoms with Crippen LogP contribution in [0.3, 0.4) is 0 Å². The Labute approximate surface area is 142 Å². The first kappa shape index (κ1) is 17.8. The fourth-order valence-electron chi connectivity index (χ4n) is 3.11. The third-order valence-corrected chi connectivity index (χ3v) is 4.38. The van der Waals surface area contributed by atoms with E-state index in [1.807, 2.05) is 12.1 Å². The maximum atomic E-state index is 12.3. The van der Waals surface area contributed by atoms with Gasteiger partial charge in [-0.25, -0.2) is 0 Å². The summed E-state index contributed by atoms with van der Waals surface area (Å²) in [7, 11) is 0. The van der Waals surface area contributed by atoms with Crippen molar-refractivity contribution in [2.24, 2.45) is 11.7 Å². The third kappa shape index (κ3) is 4.28. The Kier molecular flexibility index (Phi) is 6.10. The van der Waals surface area contributed by atoms with Crippen LogP contribution < -0.4 is 20.5 Å². The first-order valence-corrected chi connectivity index (χ1v) is 7.79. The van der Waals surface area contributed by atoms with Gasteiger partial charge in [-0.15, -0.1) is 12.4 Å². The Bertz CT molecular complexity index is 555. The number of nitrogens with one attached hydrogen (secondary N) is 1. The van der Waals surface area contributed by atoms with Crippen LogP contribution in [-0.2, 0) is 4.79 Å². The number of piperidine rings is 1. The molecule has 2 unspecified atom stereocenters. The van der Waals surface area contributed by atoms with Crippen molar-refractivity contribution in [2.45, 2.75) is 25.8 Å². The molecule has 128 valence electrons. The summed E-state index contributed by atoms with van der Waals surface area (Å²) in [5.74, 6) is 2.05. The normalized spacial score (nSPS) is 23.2. The third-order valence-electron chi connectivity index (χ3n) is 4.38. The van der Waals surface area contributed by atoms with E-state index in [0.717, 1.165) is 25.1 Å². The summed E-state index contributed by atoms with van der Waals surface area (Å²) in [5.41, 5.74) is 6.57. The number of hydrogen-bond acceptors (Lipinski definition) is 5. The van der Waals surface area contributed by atoms with Gasteiger partial charge in [-0.3, -0.25) is 9.69 Å². The number of benzene rings is 1. The predicted molar refractivity (Wildman–Crippen MR) is 91.3 cm³/mol. The Morgan fingerprint density at radius 1 is 1.39 bits per heavy atom. The van der Waals surface area contributed by atoms with E-state index in [4.69, 9.17) is 15.2 Å². The van der Waals surface area contributed by atoms with E-state index in [2.05, 4.69) is 17.1 Å². The number of hydrogen-bond donors (Lipinski definition) is 2. The molecule has 3 N–H and O–H groups in total. The van der Waals surface area contributed by atoms with Gasteiger partial charge in [-0.2, -0.15) is 0 Å². The lowest BCUT2D eigenvalue weighted by Gasteiger charge is -2.37. The highest BCUT2D eigenvalue weighted by Gasteiger charge is 2.26. The lowest BCUT2D eigenvalue weighted by atomic mass is 9.92. The molecule has 0 aromatic heterocycles. The van der Waals surface area contributed by atoms with Crippen LogP contribution in [0, 0.1) is 5.92 Å². The molecule has 3 rings (SSSR count). The van der Waals surface area contributed by atoms with Crippen LogP contribution in [0.25, 0.3) is 0 Å². The Balaban J connectivity index is 0.00000192. The second-order valence-corrected chi connectivity index (χ2v) is 6.11. The van der Waals surface area contributed by atoms with Gasteiger partial charge in [0.1, 0.15) is 0 Å². The summed E-state index contributed by atoms with van der Waals surface area (Å²) in [6.07, 6.45) is 2.18. The number of anilines is 1. The number of likely N-dealkylation sites (tertiary alicyclic amines) is 1. The summed E-state index contributed by atoms with van der Waals surface area (Å²) in [5, 5.41) is 2.92. The van der Waals surface area contributed by atoms with E-state index in [0.29, 0.717) is 36.5 Å². The predicted octanol–water partition coefficient (Wildman–Crippen LogP) is 1.83. The minimum Gasteiger partial charge on any atom is -0.454 e. The number of halogens is 1. The average Bonchev–Trinajstić information content (AvgIpc) is 2.96. The molecule has 1 fully saturated rings. The van der Waals surface area contributed by atoms with Crippen molar-refractivity contribution in [3.8, 4) is 11.5 Å². The number of amides is 1. The van der Waals surface area contributed by atoms with Gasteiger partial charge in [0.2, 0.25) is 12.7 Å². The molecule has 2 heterocycles. The molecule has 0 aliphatic carbocycles. The molecule has 1 aromatic rings. The Morgan fingerprint density at radius 3 is 2.96 bits per heavy atom. The zero-order valence-electron chi connectivity index (χ0n) is 13.3. The van der Waals surface area contributed by atoms with Gasteiger partial charge in [0.25, 0.3) is 0 Å². The number of nitrogens with zero attached hydrogens (tertiary/aromatic N) is 1. The molecule has 1 aromatic carbocycles. The molecule has 2 aliphatic rings. The molecular formula is C16H24ClN3O3. The van der Waals surface area contributed by atoms with Crippen molar-refractivity contribution in [1.82, 2.24) is 4.90 Å². The minimum absolute atomic E-state index is 0. The van der Waals surface area contributed by atoms with Crippen LogP contribution in [0.4, 0.5) is 5.69 Å². The second kappa shape index (κ2) is 7.86. The quantitative estimate of drug-likeness (QED) is 0.873. The largest absolute Gasteiger partial charge is 0.454 e. The molecule has 23 heavy (non-hydrogen) atoms. The van der Waals surface area contributed by atoms with E-state index in [1.165, 1.54) is 0 Å². The van der Waals surface area contributed by atoms with Gasteiger partial charge < -0.3 is 20.5 Å². The lowest BCUT2D eigenvalue weighted by molar-refractivity contribution is -0.118.